The lowest BCUT2D eigenvalue weighted by atomic mass is 10.1. The van der Waals surface area contributed by atoms with Crippen molar-refractivity contribution in [3.05, 3.63) is 34.5 Å². The van der Waals surface area contributed by atoms with Crippen molar-refractivity contribution >= 4 is 27.1 Å². The van der Waals surface area contributed by atoms with Crippen LogP contribution >= 0.6 is 11.3 Å². The molecule has 2 aromatic rings. The van der Waals surface area contributed by atoms with Crippen LogP contribution in [0.5, 0.6) is 0 Å². The lowest BCUT2D eigenvalue weighted by Gasteiger charge is -2.25. The summed E-state index contributed by atoms with van der Waals surface area (Å²) in [6.07, 6.45) is -10.7. The zero-order valence-corrected chi connectivity index (χ0v) is 19.7. The van der Waals surface area contributed by atoms with E-state index in [-0.39, 0.29) is 31.4 Å². The lowest BCUT2D eigenvalue weighted by molar-refractivity contribution is -0.197. The summed E-state index contributed by atoms with van der Waals surface area (Å²) in [6.45, 7) is 2.49. The Bertz CT molecular complexity index is 1250. The molecule has 1 aliphatic carbocycles. The second kappa shape index (κ2) is 7.94. The summed E-state index contributed by atoms with van der Waals surface area (Å²) >= 11 is 1.18. The topological polar surface area (TPSA) is 67.3 Å². The van der Waals surface area contributed by atoms with Gasteiger partial charge in [-0.15, -0.1) is 11.3 Å². The highest BCUT2D eigenvalue weighted by atomic mass is 32.2. The maximum absolute atomic E-state index is 13.9. The molecule has 1 aromatic carbocycles. The molecule has 1 atom stereocenters. The third-order valence-corrected chi connectivity index (χ3v) is 9.68. The van der Waals surface area contributed by atoms with Crippen molar-refractivity contribution in [1.82, 2.24) is 9.88 Å². The second-order valence-electron chi connectivity index (χ2n) is 8.64. The SMILES string of the molecule is Cc1nc(C)c(-c2ccc(S(=O)(=O)C3CCN(C(=O)C4(C(F)(F)F)CC4)C3)c(C(F)(F)F)c2)s1. The van der Waals surface area contributed by atoms with Crippen LogP contribution in [0.1, 0.15) is 35.5 Å². The number of hydrogen-bond donors (Lipinski definition) is 0. The molecular formula is C21H20F6N2O3S2. The van der Waals surface area contributed by atoms with E-state index in [1.54, 1.807) is 13.8 Å². The van der Waals surface area contributed by atoms with E-state index in [0.29, 0.717) is 15.6 Å². The van der Waals surface area contributed by atoms with Gasteiger partial charge in [-0.2, -0.15) is 26.3 Å². The van der Waals surface area contributed by atoms with Gasteiger partial charge in [0, 0.05) is 13.1 Å². The first-order valence-electron chi connectivity index (χ1n) is 10.3. The van der Waals surface area contributed by atoms with Crippen molar-refractivity contribution in [3.63, 3.8) is 0 Å². The number of thiazole rings is 1. The maximum atomic E-state index is 13.9. The molecule has 2 heterocycles. The fourth-order valence-electron chi connectivity index (χ4n) is 4.33. The quantitative estimate of drug-likeness (QED) is 0.516. The predicted molar refractivity (Wildman–Crippen MR) is 112 cm³/mol. The predicted octanol–water partition coefficient (Wildman–Crippen LogP) is 5.16. The number of aryl methyl sites for hydroxylation is 2. The Morgan fingerprint density at radius 1 is 1.15 bits per heavy atom. The van der Waals surface area contributed by atoms with Crippen LogP contribution in [0.15, 0.2) is 23.1 Å². The molecule has 13 heteroatoms. The van der Waals surface area contributed by atoms with Crippen LogP contribution in [0.25, 0.3) is 10.4 Å². The summed E-state index contributed by atoms with van der Waals surface area (Å²) in [4.78, 5) is 17.0. The highest BCUT2D eigenvalue weighted by Crippen LogP contribution is 2.59. The number of benzene rings is 1. The molecule has 0 radical (unpaired) electrons. The number of alkyl halides is 6. The van der Waals surface area contributed by atoms with Crippen LogP contribution in [-0.2, 0) is 20.8 Å². The van der Waals surface area contributed by atoms with Crippen molar-refractivity contribution in [2.45, 2.75) is 55.6 Å². The van der Waals surface area contributed by atoms with Gasteiger partial charge in [0.05, 0.1) is 31.3 Å². The monoisotopic (exact) mass is 526 g/mol. The summed E-state index contributed by atoms with van der Waals surface area (Å²) in [6, 6.07) is 2.90. The molecule has 0 bridgehead atoms. The van der Waals surface area contributed by atoms with E-state index in [1.807, 2.05) is 0 Å². The van der Waals surface area contributed by atoms with Crippen LogP contribution in [0.3, 0.4) is 0 Å². The number of amides is 1. The number of aromatic nitrogens is 1. The van der Waals surface area contributed by atoms with Crippen LogP contribution in [-0.4, -0.2) is 48.7 Å². The summed E-state index contributed by atoms with van der Waals surface area (Å²) < 4.78 is 108. The first kappa shape index (κ1) is 25.0. The molecule has 4 rings (SSSR count). The van der Waals surface area contributed by atoms with Gasteiger partial charge in [0.2, 0.25) is 5.91 Å². The minimum absolute atomic E-state index is 0.165. The van der Waals surface area contributed by atoms with Crippen molar-refractivity contribution in [2.75, 3.05) is 13.1 Å². The fraction of sp³-hybridized carbons (Fsp3) is 0.524. The van der Waals surface area contributed by atoms with Crippen LogP contribution < -0.4 is 0 Å². The maximum Gasteiger partial charge on any atom is 0.417 e. The first-order chi connectivity index (χ1) is 15.6. The molecule has 0 spiro atoms. The van der Waals surface area contributed by atoms with Gasteiger partial charge < -0.3 is 4.90 Å². The summed E-state index contributed by atoms with van der Waals surface area (Å²) in [7, 11) is -4.59. The number of rotatable bonds is 4. The van der Waals surface area contributed by atoms with E-state index in [1.165, 1.54) is 17.4 Å². The summed E-state index contributed by atoms with van der Waals surface area (Å²) in [5.74, 6) is -1.21. The molecule has 0 N–H and O–H groups in total. The number of nitrogens with zero attached hydrogens (tertiary/aromatic N) is 2. The number of halogens is 6. The second-order valence-corrected chi connectivity index (χ2v) is 12.0. The van der Waals surface area contributed by atoms with Crippen LogP contribution in [0.2, 0.25) is 0 Å². The lowest BCUT2D eigenvalue weighted by Crippen LogP contribution is -2.43. The Balaban J connectivity index is 1.66. The first-order valence-corrected chi connectivity index (χ1v) is 12.7. The minimum Gasteiger partial charge on any atom is -0.341 e. The molecule has 1 unspecified atom stereocenters. The largest absolute Gasteiger partial charge is 0.417 e. The normalized spacial score (nSPS) is 20.6. The molecule has 1 aromatic heterocycles. The Hall–Kier alpha value is -2.15. The average Bonchev–Trinajstić information content (AvgIpc) is 3.27. The van der Waals surface area contributed by atoms with Gasteiger partial charge in [0.25, 0.3) is 0 Å². The van der Waals surface area contributed by atoms with Crippen molar-refractivity contribution in [2.24, 2.45) is 5.41 Å². The van der Waals surface area contributed by atoms with E-state index in [0.717, 1.165) is 17.0 Å². The Morgan fingerprint density at radius 3 is 2.29 bits per heavy atom. The standard InChI is InChI=1S/C21H20F6N2O3S2/c1-11-17(33-12(2)28-11)13-3-4-16(15(9-13)20(22,23)24)34(31,32)14-5-8-29(10-14)18(30)19(6-7-19)21(25,26)27/h3-4,9,14H,5-8,10H2,1-2H3. The number of sulfone groups is 1. The average molecular weight is 527 g/mol. The summed E-state index contributed by atoms with van der Waals surface area (Å²) in [5, 5.41) is -0.791. The molecule has 1 aliphatic heterocycles. The van der Waals surface area contributed by atoms with Gasteiger partial charge in [0.1, 0.15) is 5.41 Å². The van der Waals surface area contributed by atoms with Crippen LogP contribution in [0.4, 0.5) is 26.3 Å². The Kier molecular flexibility index (Phi) is 5.83. The third-order valence-electron chi connectivity index (χ3n) is 6.33. The van der Waals surface area contributed by atoms with Crippen molar-refractivity contribution < 1.29 is 39.6 Å². The molecule has 2 aliphatic rings. The van der Waals surface area contributed by atoms with Crippen molar-refractivity contribution in [1.29, 1.82) is 0 Å². The number of carbonyl (C=O) groups is 1. The fourth-order valence-corrected chi connectivity index (χ4v) is 7.14. The van der Waals surface area contributed by atoms with Crippen LogP contribution in [0, 0.1) is 19.3 Å². The van der Waals surface area contributed by atoms with E-state index < -0.39 is 55.8 Å². The Morgan fingerprint density at radius 2 is 1.79 bits per heavy atom. The molecule has 1 saturated heterocycles. The van der Waals surface area contributed by atoms with E-state index in [9.17, 15) is 39.6 Å². The molecule has 186 valence electrons. The number of hydrogen-bond acceptors (Lipinski definition) is 5. The zero-order chi connectivity index (χ0) is 25.3. The highest BCUT2D eigenvalue weighted by molar-refractivity contribution is 7.92. The van der Waals surface area contributed by atoms with Gasteiger partial charge in [-0.3, -0.25) is 4.79 Å². The zero-order valence-electron chi connectivity index (χ0n) is 18.0. The number of likely N-dealkylation sites (tertiary alicyclic amines) is 1. The van der Waals surface area contributed by atoms with Crippen molar-refractivity contribution in [3.8, 4) is 10.4 Å². The Labute approximate surface area is 195 Å². The molecule has 2 fully saturated rings. The van der Waals surface area contributed by atoms with E-state index >= 15 is 0 Å². The summed E-state index contributed by atoms with van der Waals surface area (Å²) in [5.41, 5.74) is -3.18. The molecule has 1 saturated carbocycles. The third kappa shape index (κ3) is 4.10. The smallest absolute Gasteiger partial charge is 0.341 e. The van der Waals surface area contributed by atoms with Gasteiger partial charge in [-0.25, -0.2) is 13.4 Å². The molecule has 5 nitrogen and oxygen atoms in total. The van der Waals surface area contributed by atoms with E-state index in [4.69, 9.17) is 0 Å². The van der Waals surface area contributed by atoms with Gasteiger partial charge >= 0.3 is 12.4 Å². The van der Waals surface area contributed by atoms with E-state index in [2.05, 4.69) is 4.98 Å². The highest BCUT2D eigenvalue weighted by Gasteiger charge is 2.69. The van der Waals surface area contributed by atoms with Gasteiger partial charge in [-0.05, 0) is 50.8 Å². The molecule has 34 heavy (non-hydrogen) atoms. The minimum atomic E-state index is -4.99. The number of carbonyl (C=O) groups excluding carboxylic acids is 1. The van der Waals surface area contributed by atoms with Gasteiger partial charge in [0.15, 0.2) is 9.84 Å². The molecular weight excluding hydrogens is 506 g/mol. The van der Waals surface area contributed by atoms with Gasteiger partial charge in [-0.1, -0.05) is 6.07 Å². The molecule has 1 amide bonds.